The Morgan fingerprint density at radius 2 is 1.81 bits per heavy atom. The maximum Gasteiger partial charge on any atom is 0.174 e. The lowest BCUT2D eigenvalue weighted by atomic mass is 10.1. The standard InChI is InChI=1S/C20H24N2O2S2/c1-2-16-8-10-18(11-9-16)21-20(25)22(14-17-6-4-3-5-7-17)19-12-13-26(23,24)15-19/h3-11,19H,2,12-15H2,1H3,(H,21,25)/t19-/m1/s1. The van der Waals surface area contributed by atoms with Gasteiger partial charge in [0.2, 0.25) is 0 Å². The first-order valence-corrected chi connectivity index (χ1v) is 11.1. The zero-order valence-corrected chi connectivity index (χ0v) is 16.5. The normalized spacial score (nSPS) is 18.4. The van der Waals surface area contributed by atoms with Crippen molar-refractivity contribution >= 4 is 32.9 Å². The van der Waals surface area contributed by atoms with Gasteiger partial charge < -0.3 is 10.2 Å². The monoisotopic (exact) mass is 388 g/mol. The Balaban J connectivity index is 1.78. The van der Waals surface area contributed by atoms with E-state index in [-0.39, 0.29) is 17.5 Å². The summed E-state index contributed by atoms with van der Waals surface area (Å²) in [6.07, 6.45) is 1.61. The lowest BCUT2D eigenvalue weighted by Crippen LogP contribution is -2.42. The summed E-state index contributed by atoms with van der Waals surface area (Å²) in [4.78, 5) is 2.02. The molecule has 0 radical (unpaired) electrons. The van der Waals surface area contributed by atoms with Crippen LogP contribution in [0.2, 0.25) is 0 Å². The third-order valence-electron chi connectivity index (χ3n) is 4.72. The van der Waals surface area contributed by atoms with Gasteiger partial charge in [-0.15, -0.1) is 0 Å². The Hall–Kier alpha value is -1.92. The van der Waals surface area contributed by atoms with E-state index in [2.05, 4.69) is 24.4 Å². The molecule has 1 heterocycles. The largest absolute Gasteiger partial charge is 0.341 e. The summed E-state index contributed by atoms with van der Waals surface area (Å²) in [7, 11) is -2.98. The van der Waals surface area contributed by atoms with Crippen LogP contribution in [0.1, 0.15) is 24.5 Å². The van der Waals surface area contributed by atoms with Crippen molar-refractivity contribution in [3.63, 3.8) is 0 Å². The number of rotatable bonds is 5. The molecule has 1 N–H and O–H groups in total. The summed E-state index contributed by atoms with van der Waals surface area (Å²) < 4.78 is 23.9. The molecule has 1 saturated heterocycles. The smallest absolute Gasteiger partial charge is 0.174 e. The summed E-state index contributed by atoms with van der Waals surface area (Å²) in [5.41, 5.74) is 3.30. The van der Waals surface area contributed by atoms with Crippen molar-refractivity contribution in [1.82, 2.24) is 4.90 Å². The number of hydrogen-bond acceptors (Lipinski definition) is 3. The Labute approximate surface area is 161 Å². The number of sulfone groups is 1. The average molecular weight is 389 g/mol. The molecule has 0 bridgehead atoms. The number of benzene rings is 2. The fourth-order valence-electron chi connectivity index (χ4n) is 3.19. The molecule has 6 heteroatoms. The first kappa shape index (κ1) is 18.9. The van der Waals surface area contributed by atoms with Crippen molar-refractivity contribution < 1.29 is 8.42 Å². The van der Waals surface area contributed by atoms with Crippen LogP contribution >= 0.6 is 12.2 Å². The van der Waals surface area contributed by atoms with Gasteiger partial charge in [0.05, 0.1) is 11.5 Å². The van der Waals surface area contributed by atoms with E-state index in [4.69, 9.17) is 12.2 Å². The first-order chi connectivity index (χ1) is 12.5. The molecule has 0 saturated carbocycles. The molecule has 0 aliphatic carbocycles. The van der Waals surface area contributed by atoms with Crippen molar-refractivity contribution in [3.8, 4) is 0 Å². The zero-order valence-electron chi connectivity index (χ0n) is 14.9. The first-order valence-electron chi connectivity index (χ1n) is 8.88. The average Bonchev–Trinajstić information content (AvgIpc) is 3.00. The molecule has 1 atom stereocenters. The van der Waals surface area contributed by atoms with Gasteiger partial charge in [-0.25, -0.2) is 8.42 Å². The van der Waals surface area contributed by atoms with E-state index in [1.807, 2.05) is 47.4 Å². The van der Waals surface area contributed by atoms with Gasteiger partial charge in [-0.1, -0.05) is 49.4 Å². The van der Waals surface area contributed by atoms with E-state index in [9.17, 15) is 8.42 Å². The number of nitrogens with zero attached hydrogens (tertiary/aromatic N) is 1. The van der Waals surface area contributed by atoms with Crippen LogP contribution in [0.3, 0.4) is 0 Å². The second-order valence-corrected chi connectivity index (χ2v) is 9.27. The molecular weight excluding hydrogens is 364 g/mol. The van der Waals surface area contributed by atoms with Crippen LogP contribution in [0.25, 0.3) is 0 Å². The van der Waals surface area contributed by atoms with E-state index < -0.39 is 9.84 Å². The van der Waals surface area contributed by atoms with Crippen molar-refractivity contribution in [2.45, 2.75) is 32.4 Å². The molecule has 1 aliphatic heterocycles. The van der Waals surface area contributed by atoms with Crippen molar-refractivity contribution in [2.75, 3.05) is 16.8 Å². The Bertz CT molecular complexity index is 849. The fourth-order valence-corrected chi connectivity index (χ4v) is 5.25. The summed E-state index contributed by atoms with van der Waals surface area (Å²) in [6.45, 7) is 2.72. The van der Waals surface area contributed by atoms with Gasteiger partial charge in [-0.2, -0.15) is 0 Å². The molecule has 3 rings (SSSR count). The lowest BCUT2D eigenvalue weighted by molar-refractivity contribution is 0.332. The summed E-state index contributed by atoms with van der Waals surface area (Å²) in [6, 6.07) is 18.1. The van der Waals surface area contributed by atoms with Gasteiger partial charge in [0, 0.05) is 18.3 Å². The third-order valence-corrected chi connectivity index (χ3v) is 6.81. The molecule has 26 heavy (non-hydrogen) atoms. The van der Waals surface area contributed by atoms with Crippen molar-refractivity contribution in [2.24, 2.45) is 0 Å². The van der Waals surface area contributed by atoms with Crippen LogP contribution in [0, 0.1) is 0 Å². The van der Waals surface area contributed by atoms with Crippen LogP contribution in [0.15, 0.2) is 54.6 Å². The molecule has 0 spiro atoms. The number of nitrogens with one attached hydrogen (secondary N) is 1. The van der Waals surface area contributed by atoms with Crippen LogP contribution in [-0.2, 0) is 22.8 Å². The van der Waals surface area contributed by atoms with Crippen LogP contribution in [0.5, 0.6) is 0 Å². The lowest BCUT2D eigenvalue weighted by Gasteiger charge is -2.31. The van der Waals surface area contributed by atoms with Crippen LogP contribution < -0.4 is 5.32 Å². The predicted molar refractivity (Wildman–Crippen MR) is 111 cm³/mol. The molecule has 4 nitrogen and oxygen atoms in total. The summed E-state index contributed by atoms with van der Waals surface area (Å²) >= 11 is 5.65. The fraction of sp³-hybridized carbons (Fsp3) is 0.350. The highest BCUT2D eigenvalue weighted by molar-refractivity contribution is 7.91. The Morgan fingerprint density at radius 3 is 2.38 bits per heavy atom. The third kappa shape index (κ3) is 4.83. The number of thiocarbonyl (C=S) groups is 1. The van der Waals surface area contributed by atoms with Gasteiger partial charge in [0.25, 0.3) is 0 Å². The van der Waals surface area contributed by atoms with E-state index in [1.165, 1.54) is 5.56 Å². The molecule has 1 aliphatic rings. The van der Waals surface area contributed by atoms with E-state index in [0.29, 0.717) is 18.1 Å². The summed E-state index contributed by atoms with van der Waals surface area (Å²) in [5.74, 6) is 0.396. The number of aryl methyl sites for hydroxylation is 1. The van der Waals surface area contributed by atoms with E-state index in [0.717, 1.165) is 17.7 Å². The molecule has 2 aromatic carbocycles. The molecule has 2 aromatic rings. The van der Waals surface area contributed by atoms with Crippen LogP contribution in [-0.4, -0.2) is 36.0 Å². The minimum atomic E-state index is -2.98. The van der Waals surface area contributed by atoms with Gasteiger partial charge in [-0.3, -0.25) is 0 Å². The second kappa shape index (κ2) is 8.18. The van der Waals surface area contributed by atoms with Gasteiger partial charge in [-0.05, 0) is 48.3 Å². The molecular formula is C20H24N2O2S2. The minimum Gasteiger partial charge on any atom is -0.341 e. The minimum absolute atomic E-state index is 0.0879. The summed E-state index contributed by atoms with van der Waals surface area (Å²) in [5, 5.41) is 3.85. The van der Waals surface area contributed by atoms with Crippen molar-refractivity contribution in [1.29, 1.82) is 0 Å². The highest BCUT2D eigenvalue weighted by atomic mass is 32.2. The van der Waals surface area contributed by atoms with E-state index >= 15 is 0 Å². The topological polar surface area (TPSA) is 49.4 Å². The second-order valence-electron chi connectivity index (χ2n) is 6.65. The maximum absolute atomic E-state index is 12.0. The molecule has 138 valence electrons. The molecule has 0 aromatic heterocycles. The molecule has 1 fully saturated rings. The quantitative estimate of drug-likeness (QED) is 0.793. The number of hydrogen-bond donors (Lipinski definition) is 1. The number of anilines is 1. The van der Waals surface area contributed by atoms with Crippen molar-refractivity contribution in [3.05, 3.63) is 65.7 Å². The maximum atomic E-state index is 12.0. The molecule has 0 unspecified atom stereocenters. The van der Waals surface area contributed by atoms with E-state index in [1.54, 1.807) is 0 Å². The Kier molecular flexibility index (Phi) is 5.94. The Morgan fingerprint density at radius 1 is 1.12 bits per heavy atom. The van der Waals surface area contributed by atoms with Gasteiger partial charge in [0.1, 0.15) is 0 Å². The highest BCUT2D eigenvalue weighted by Crippen LogP contribution is 2.22. The van der Waals surface area contributed by atoms with Gasteiger partial charge >= 0.3 is 0 Å². The highest BCUT2D eigenvalue weighted by Gasteiger charge is 2.33. The molecule has 0 amide bonds. The SMILES string of the molecule is CCc1ccc(NC(=S)N(Cc2ccccc2)[C@@H]2CCS(=O)(=O)C2)cc1. The zero-order chi connectivity index (χ0) is 18.6. The predicted octanol–water partition coefficient (Wildman–Crippen LogP) is 3.64. The van der Waals surface area contributed by atoms with Gasteiger partial charge in [0.15, 0.2) is 14.9 Å². The van der Waals surface area contributed by atoms with Crippen LogP contribution in [0.4, 0.5) is 5.69 Å².